The van der Waals surface area contributed by atoms with Gasteiger partial charge in [-0.15, -0.1) is 0 Å². The van der Waals surface area contributed by atoms with Crippen LogP contribution in [0.3, 0.4) is 0 Å². The molecule has 0 saturated heterocycles. The minimum absolute atomic E-state index is 0.182. The predicted molar refractivity (Wildman–Crippen MR) is 49.3 cm³/mol. The van der Waals surface area contributed by atoms with Crippen LogP contribution in [0.2, 0.25) is 0 Å². The van der Waals surface area contributed by atoms with Gasteiger partial charge in [-0.2, -0.15) is 0 Å². The Hall–Kier alpha value is -0.160. The van der Waals surface area contributed by atoms with E-state index in [9.17, 15) is 5.11 Å². The van der Waals surface area contributed by atoms with E-state index in [2.05, 4.69) is 5.32 Å². The van der Waals surface area contributed by atoms with Gasteiger partial charge in [0.1, 0.15) is 0 Å². The maximum Gasteiger partial charge on any atom is 0.0894 e. The summed E-state index contributed by atoms with van der Waals surface area (Å²) in [7, 11) is 0. The fraction of sp³-hybridized carbons (Fsp3) is 1.00. The molecular weight excluding hydrogens is 170 g/mol. The molecule has 4 N–H and O–H groups in total. The van der Waals surface area contributed by atoms with Gasteiger partial charge in [0.15, 0.2) is 0 Å². The molecule has 0 aliphatic heterocycles. The van der Waals surface area contributed by atoms with E-state index >= 15 is 0 Å². The van der Waals surface area contributed by atoms with Crippen molar-refractivity contribution in [2.45, 2.75) is 31.5 Å². The molecule has 0 aromatic heterocycles. The molecule has 0 radical (unpaired) electrons. The van der Waals surface area contributed by atoms with E-state index < -0.39 is 6.10 Å². The van der Waals surface area contributed by atoms with Gasteiger partial charge < -0.3 is 20.6 Å². The average Bonchev–Trinajstić information content (AvgIpc) is 2.52. The molecule has 1 saturated carbocycles. The van der Waals surface area contributed by atoms with E-state index in [0.717, 1.165) is 25.8 Å². The molecule has 3 unspecified atom stereocenters. The van der Waals surface area contributed by atoms with E-state index in [1.807, 2.05) is 0 Å². The number of hydrogen-bond donors (Lipinski definition) is 4. The predicted octanol–water partition coefficient (Wildman–Crippen LogP) is -0.910. The fourth-order valence-electron chi connectivity index (χ4n) is 1.76. The van der Waals surface area contributed by atoms with Crippen molar-refractivity contribution < 1.29 is 15.3 Å². The highest BCUT2D eigenvalue weighted by Crippen LogP contribution is 2.24. The third-order valence-electron chi connectivity index (χ3n) is 2.62. The number of rotatable bonds is 5. The van der Waals surface area contributed by atoms with Crippen molar-refractivity contribution in [1.29, 1.82) is 0 Å². The lowest BCUT2D eigenvalue weighted by atomic mass is 10.1. The molecule has 0 aromatic rings. The number of aliphatic hydroxyl groups is 3. The lowest BCUT2D eigenvalue weighted by Crippen LogP contribution is -2.34. The Bertz CT molecular complexity index is 143. The van der Waals surface area contributed by atoms with Crippen LogP contribution in [0.15, 0.2) is 0 Å². The molecular formula is C9H19NO3. The molecule has 0 aromatic carbocycles. The summed E-state index contributed by atoms with van der Waals surface area (Å²) < 4.78 is 0. The van der Waals surface area contributed by atoms with Gasteiger partial charge in [-0.1, -0.05) is 6.42 Å². The summed E-state index contributed by atoms with van der Waals surface area (Å²) >= 11 is 0. The Labute approximate surface area is 78.6 Å². The highest BCUT2D eigenvalue weighted by molar-refractivity contribution is 4.78. The molecule has 0 spiro atoms. The first kappa shape index (κ1) is 10.9. The van der Waals surface area contributed by atoms with Gasteiger partial charge in [-0.25, -0.2) is 0 Å². The largest absolute Gasteiger partial charge is 0.394 e. The van der Waals surface area contributed by atoms with E-state index in [-0.39, 0.29) is 12.7 Å². The molecule has 4 nitrogen and oxygen atoms in total. The molecule has 4 heteroatoms. The standard InChI is InChI=1S/C9H19NO3/c11-6-8(12)5-10-4-7-2-1-3-9(7)13/h7-13H,1-6H2. The van der Waals surface area contributed by atoms with E-state index in [0.29, 0.717) is 12.5 Å². The smallest absolute Gasteiger partial charge is 0.0894 e. The molecule has 1 fully saturated rings. The Morgan fingerprint density at radius 2 is 2.15 bits per heavy atom. The van der Waals surface area contributed by atoms with Crippen LogP contribution in [0.1, 0.15) is 19.3 Å². The number of nitrogens with one attached hydrogen (secondary N) is 1. The van der Waals surface area contributed by atoms with Crippen LogP contribution >= 0.6 is 0 Å². The van der Waals surface area contributed by atoms with E-state index in [1.165, 1.54) is 0 Å². The van der Waals surface area contributed by atoms with Gasteiger partial charge in [-0.05, 0) is 18.8 Å². The second-order valence-electron chi connectivity index (χ2n) is 3.75. The zero-order valence-corrected chi connectivity index (χ0v) is 7.82. The molecule has 78 valence electrons. The minimum Gasteiger partial charge on any atom is -0.394 e. The van der Waals surface area contributed by atoms with E-state index in [1.54, 1.807) is 0 Å². The van der Waals surface area contributed by atoms with Crippen molar-refractivity contribution in [1.82, 2.24) is 5.32 Å². The molecule has 0 heterocycles. The van der Waals surface area contributed by atoms with Gasteiger partial charge >= 0.3 is 0 Å². The van der Waals surface area contributed by atoms with Crippen LogP contribution in [0.5, 0.6) is 0 Å². The van der Waals surface area contributed by atoms with E-state index in [4.69, 9.17) is 10.2 Å². The van der Waals surface area contributed by atoms with Crippen LogP contribution < -0.4 is 5.32 Å². The minimum atomic E-state index is -0.682. The van der Waals surface area contributed by atoms with Crippen LogP contribution in [0.25, 0.3) is 0 Å². The molecule has 0 amide bonds. The SMILES string of the molecule is OCC(O)CNCC1CCCC1O. The maximum absolute atomic E-state index is 9.46. The highest BCUT2D eigenvalue weighted by Gasteiger charge is 2.24. The summed E-state index contributed by atoms with van der Waals surface area (Å²) in [5, 5.41) is 30.1. The Kier molecular flexibility index (Phi) is 4.66. The maximum atomic E-state index is 9.46. The molecule has 1 rings (SSSR count). The van der Waals surface area contributed by atoms with Crippen molar-refractivity contribution in [3.63, 3.8) is 0 Å². The summed E-state index contributed by atoms with van der Waals surface area (Å²) in [5.74, 6) is 0.325. The second kappa shape index (κ2) is 5.54. The van der Waals surface area contributed by atoms with Gasteiger partial charge in [0.25, 0.3) is 0 Å². The molecule has 1 aliphatic carbocycles. The van der Waals surface area contributed by atoms with Crippen LogP contribution in [-0.2, 0) is 0 Å². The van der Waals surface area contributed by atoms with Crippen molar-refractivity contribution >= 4 is 0 Å². The molecule has 13 heavy (non-hydrogen) atoms. The Balaban J connectivity index is 2.05. The molecule has 3 atom stereocenters. The summed E-state index contributed by atoms with van der Waals surface area (Å²) in [6, 6.07) is 0. The highest BCUT2D eigenvalue weighted by atomic mass is 16.3. The quantitative estimate of drug-likeness (QED) is 0.452. The lowest BCUT2D eigenvalue weighted by Gasteiger charge is -2.16. The second-order valence-corrected chi connectivity index (χ2v) is 3.75. The Morgan fingerprint density at radius 3 is 2.69 bits per heavy atom. The van der Waals surface area contributed by atoms with Crippen molar-refractivity contribution in [3.8, 4) is 0 Å². The first-order valence-electron chi connectivity index (χ1n) is 4.91. The normalized spacial score (nSPS) is 30.7. The summed E-state index contributed by atoms with van der Waals surface area (Å²) in [4.78, 5) is 0. The summed E-state index contributed by atoms with van der Waals surface area (Å²) in [6.45, 7) is 0.929. The first-order chi connectivity index (χ1) is 6.24. The van der Waals surface area contributed by atoms with Gasteiger partial charge in [-0.3, -0.25) is 0 Å². The number of aliphatic hydroxyl groups excluding tert-OH is 3. The van der Waals surface area contributed by atoms with Gasteiger partial charge in [0.2, 0.25) is 0 Å². The van der Waals surface area contributed by atoms with Crippen molar-refractivity contribution in [2.75, 3.05) is 19.7 Å². The summed E-state index contributed by atoms with van der Waals surface area (Å²) in [5.41, 5.74) is 0. The van der Waals surface area contributed by atoms with Crippen molar-refractivity contribution in [2.24, 2.45) is 5.92 Å². The first-order valence-corrected chi connectivity index (χ1v) is 4.91. The molecule has 0 bridgehead atoms. The monoisotopic (exact) mass is 189 g/mol. The fourth-order valence-corrected chi connectivity index (χ4v) is 1.76. The van der Waals surface area contributed by atoms with Crippen molar-refractivity contribution in [3.05, 3.63) is 0 Å². The summed E-state index contributed by atoms with van der Waals surface area (Å²) in [6.07, 6.45) is 2.19. The zero-order valence-electron chi connectivity index (χ0n) is 7.82. The lowest BCUT2D eigenvalue weighted by molar-refractivity contribution is 0.0885. The van der Waals surface area contributed by atoms with Gasteiger partial charge in [0.05, 0.1) is 18.8 Å². The third-order valence-corrected chi connectivity index (χ3v) is 2.62. The van der Waals surface area contributed by atoms with Crippen LogP contribution in [0, 0.1) is 5.92 Å². The third kappa shape index (κ3) is 3.60. The topological polar surface area (TPSA) is 72.7 Å². The zero-order chi connectivity index (χ0) is 9.68. The van der Waals surface area contributed by atoms with Gasteiger partial charge in [0, 0.05) is 13.1 Å². The number of hydrogen-bond acceptors (Lipinski definition) is 4. The van der Waals surface area contributed by atoms with Crippen LogP contribution in [-0.4, -0.2) is 47.2 Å². The average molecular weight is 189 g/mol. The van der Waals surface area contributed by atoms with Crippen LogP contribution in [0.4, 0.5) is 0 Å². The Morgan fingerprint density at radius 1 is 1.38 bits per heavy atom. The molecule has 1 aliphatic rings.